The van der Waals surface area contributed by atoms with E-state index >= 15 is 0 Å². The molecule has 0 aromatic heterocycles. The second kappa shape index (κ2) is 23.5. The van der Waals surface area contributed by atoms with Gasteiger partial charge in [-0.15, -0.1) is 0 Å². The van der Waals surface area contributed by atoms with E-state index in [4.69, 9.17) is 9.47 Å². The molecule has 0 amide bonds. The maximum absolute atomic E-state index is 14.6. The number of alkyl halides is 7. The molecule has 4 nitrogen and oxygen atoms in total. The molecule has 4 rings (SSSR count). The van der Waals surface area contributed by atoms with Crippen molar-refractivity contribution in [1.29, 1.82) is 0 Å². The summed E-state index contributed by atoms with van der Waals surface area (Å²) in [5.74, 6) is -16.4. The van der Waals surface area contributed by atoms with Crippen LogP contribution >= 0.6 is 0 Å². The molecule has 0 bridgehead atoms. The molecule has 0 N–H and O–H groups in total. The van der Waals surface area contributed by atoms with E-state index in [-0.39, 0.29) is 31.1 Å². The number of benzene rings is 4. The Morgan fingerprint density at radius 2 is 0.662 bits per heavy atom. The maximum atomic E-state index is 14.6. The van der Waals surface area contributed by atoms with Crippen LogP contribution in [0.4, 0.5) is 65.9 Å². The average molecular weight is 949 g/mol. The summed E-state index contributed by atoms with van der Waals surface area (Å²) in [6.45, 7) is 3.38. The molecule has 0 saturated heterocycles. The first kappa shape index (κ1) is 52.7. The molecule has 0 aliphatic heterocycles. The van der Waals surface area contributed by atoms with E-state index in [9.17, 15) is 65.9 Å². The molecule has 65 heavy (non-hydrogen) atoms. The number of ether oxygens (including phenoxy) is 4. The summed E-state index contributed by atoms with van der Waals surface area (Å²) in [6, 6.07) is 2.71. The minimum atomic E-state index is -5.48. The molecule has 4 aromatic rings. The van der Waals surface area contributed by atoms with Crippen LogP contribution in [0.25, 0.3) is 0 Å². The SMILES string of the molecule is Cc1c(F)cc(OC(F)(F)c2c(F)cc(OCCCCCCCCC(C)CCCCCCCCOc3cc(F)c(C(F)(F)Oc4cc(F)c(C(F)(F)F)c(F)c4)c(F)c3)cc2F)cc1F. The highest BCUT2D eigenvalue weighted by molar-refractivity contribution is 5.37. The van der Waals surface area contributed by atoms with Gasteiger partial charge in [-0.1, -0.05) is 84.0 Å². The fourth-order valence-electron chi connectivity index (χ4n) is 6.91. The molecule has 1 unspecified atom stereocenters. The van der Waals surface area contributed by atoms with Gasteiger partial charge in [0, 0.05) is 54.1 Å². The third-order valence-corrected chi connectivity index (χ3v) is 10.4. The molecule has 4 aromatic carbocycles. The van der Waals surface area contributed by atoms with E-state index in [0.717, 1.165) is 84.0 Å². The molecule has 0 saturated carbocycles. The highest BCUT2D eigenvalue weighted by atomic mass is 19.4. The summed E-state index contributed by atoms with van der Waals surface area (Å²) in [5.41, 5.74) is -6.45. The predicted octanol–water partition coefficient (Wildman–Crippen LogP) is 15.9. The lowest BCUT2D eigenvalue weighted by Crippen LogP contribution is -2.25. The third kappa shape index (κ3) is 15.6. The minimum absolute atomic E-state index is 0.0212. The lowest BCUT2D eigenvalue weighted by atomic mass is 9.96. The van der Waals surface area contributed by atoms with Crippen LogP contribution in [0.1, 0.15) is 119 Å². The first-order valence-electron chi connectivity index (χ1n) is 20.9. The number of halogens is 15. The number of hydrogen-bond acceptors (Lipinski definition) is 4. The Labute approximate surface area is 366 Å². The normalized spacial score (nSPS) is 12.7. The van der Waals surface area contributed by atoms with Crippen LogP contribution in [0.2, 0.25) is 0 Å². The van der Waals surface area contributed by atoms with E-state index in [2.05, 4.69) is 16.4 Å². The van der Waals surface area contributed by atoms with E-state index in [1.807, 2.05) is 0 Å². The van der Waals surface area contributed by atoms with Crippen molar-refractivity contribution in [1.82, 2.24) is 0 Å². The summed E-state index contributed by atoms with van der Waals surface area (Å²) < 4.78 is 229. The van der Waals surface area contributed by atoms with Crippen molar-refractivity contribution in [3.63, 3.8) is 0 Å². The van der Waals surface area contributed by atoms with E-state index in [1.165, 1.54) is 0 Å². The minimum Gasteiger partial charge on any atom is -0.493 e. The highest BCUT2D eigenvalue weighted by Gasteiger charge is 2.44. The maximum Gasteiger partial charge on any atom is 0.432 e. The first-order valence-corrected chi connectivity index (χ1v) is 20.9. The second-order valence-corrected chi connectivity index (χ2v) is 15.7. The summed E-state index contributed by atoms with van der Waals surface area (Å²) in [4.78, 5) is 0. The Morgan fingerprint density at radius 1 is 0.385 bits per heavy atom. The molecule has 0 aliphatic rings. The van der Waals surface area contributed by atoms with Gasteiger partial charge in [0.15, 0.2) is 0 Å². The van der Waals surface area contributed by atoms with Crippen LogP contribution in [0.15, 0.2) is 48.5 Å². The van der Waals surface area contributed by atoms with Crippen molar-refractivity contribution < 1.29 is 84.8 Å². The molecule has 360 valence electrons. The molecule has 19 heteroatoms. The summed E-state index contributed by atoms with van der Waals surface area (Å²) in [7, 11) is 0. The zero-order chi connectivity index (χ0) is 48.1. The summed E-state index contributed by atoms with van der Waals surface area (Å²) >= 11 is 0. The number of unbranched alkanes of at least 4 members (excludes halogenated alkanes) is 10. The third-order valence-electron chi connectivity index (χ3n) is 10.4. The standard InChI is InChI=1S/C46H47F15O4/c1-27(15-11-7-3-5-9-13-17-62-29-19-37(51)42(38(52)20-29)45(58,59)64-31-23-33(47)28(2)34(48)24-31)16-12-8-4-6-10-14-18-63-30-21-39(53)43(40(54)22-30)46(60,61)65-32-25-35(49)41(36(50)26-32)44(55,56)57/h19-27H,3-18H2,1-2H3. The van der Waals surface area contributed by atoms with Gasteiger partial charge in [0.25, 0.3) is 0 Å². The Kier molecular flexibility index (Phi) is 19.0. The van der Waals surface area contributed by atoms with Gasteiger partial charge in [-0.2, -0.15) is 30.7 Å². The van der Waals surface area contributed by atoms with E-state index in [0.29, 0.717) is 55.2 Å². The van der Waals surface area contributed by atoms with Gasteiger partial charge in [-0.05, 0) is 25.7 Å². The average Bonchev–Trinajstić information content (AvgIpc) is 3.16. The lowest BCUT2D eigenvalue weighted by molar-refractivity contribution is -0.190. The Bertz CT molecular complexity index is 2090. The van der Waals surface area contributed by atoms with Crippen LogP contribution < -0.4 is 18.9 Å². The van der Waals surface area contributed by atoms with E-state index < -0.39 is 104 Å². The van der Waals surface area contributed by atoms with Crippen molar-refractivity contribution in [3.8, 4) is 23.0 Å². The molecular formula is C46H47F15O4. The molecular weight excluding hydrogens is 901 g/mol. The van der Waals surface area contributed by atoms with Gasteiger partial charge < -0.3 is 18.9 Å². The number of hydrogen-bond donors (Lipinski definition) is 0. The van der Waals surface area contributed by atoms with Crippen molar-refractivity contribution >= 4 is 0 Å². The molecule has 0 radical (unpaired) electrons. The topological polar surface area (TPSA) is 36.9 Å². The Morgan fingerprint density at radius 3 is 1.00 bits per heavy atom. The van der Waals surface area contributed by atoms with Crippen molar-refractivity contribution in [2.24, 2.45) is 5.92 Å². The van der Waals surface area contributed by atoms with Crippen molar-refractivity contribution in [2.75, 3.05) is 13.2 Å². The van der Waals surface area contributed by atoms with Crippen LogP contribution in [-0.4, -0.2) is 13.2 Å². The lowest BCUT2D eigenvalue weighted by Gasteiger charge is -2.20. The summed E-state index contributed by atoms with van der Waals surface area (Å²) in [5, 5.41) is 0. The van der Waals surface area contributed by atoms with Gasteiger partial charge in [0.05, 0.1) is 13.2 Å². The molecule has 1 atom stereocenters. The Balaban J connectivity index is 1.02. The predicted molar refractivity (Wildman–Crippen MR) is 209 cm³/mol. The van der Waals surface area contributed by atoms with Crippen molar-refractivity contribution in [3.05, 3.63) is 117 Å². The molecule has 0 spiro atoms. The monoisotopic (exact) mass is 948 g/mol. The quantitative estimate of drug-likeness (QED) is 0.0464. The molecule has 0 aliphatic carbocycles. The van der Waals surface area contributed by atoms with Gasteiger partial charge >= 0.3 is 18.4 Å². The zero-order valence-corrected chi connectivity index (χ0v) is 35.3. The van der Waals surface area contributed by atoms with E-state index in [1.54, 1.807) is 0 Å². The Hall–Kier alpha value is -4.97. The van der Waals surface area contributed by atoms with Gasteiger partial charge in [-0.25, -0.2) is 35.1 Å². The van der Waals surface area contributed by atoms with Gasteiger partial charge in [0.2, 0.25) is 0 Å². The van der Waals surface area contributed by atoms with Crippen LogP contribution in [0.3, 0.4) is 0 Å². The fraction of sp³-hybridized carbons (Fsp3) is 0.478. The van der Waals surface area contributed by atoms with Crippen LogP contribution in [-0.2, 0) is 18.4 Å². The smallest absolute Gasteiger partial charge is 0.432 e. The first-order chi connectivity index (χ1) is 30.5. The van der Waals surface area contributed by atoms with Gasteiger partial charge in [0.1, 0.15) is 86.2 Å². The van der Waals surface area contributed by atoms with Crippen LogP contribution in [0.5, 0.6) is 23.0 Å². The molecule has 0 fully saturated rings. The second-order valence-electron chi connectivity index (χ2n) is 15.7. The summed E-state index contributed by atoms with van der Waals surface area (Å²) in [6.07, 6.45) is -2.50. The van der Waals surface area contributed by atoms with Crippen LogP contribution in [0, 0.1) is 59.4 Å². The van der Waals surface area contributed by atoms with Gasteiger partial charge in [-0.3, -0.25) is 0 Å². The fourth-order valence-corrected chi connectivity index (χ4v) is 6.91. The largest absolute Gasteiger partial charge is 0.493 e. The molecule has 0 heterocycles. The zero-order valence-electron chi connectivity index (χ0n) is 35.3. The highest BCUT2D eigenvalue weighted by Crippen LogP contribution is 2.41. The van der Waals surface area contributed by atoms with Crippen molar-refractivity contribution in [2.45, 2.75) is 122 Å². The number of rotatable bonds is 26.